The quantitative estimate of drug-likeness (QED) is 0.257. The van der Waals surface area contributed by atoms with E-state index in [0.717, 1.165) is 29.3 Å². The number of hydrogen-bond acceptors (Lipinski definition) is 5. The molecule has 1 fully saturated rings. The van der Waals surface area contributed by atoms with Gasteiger partial charge in [-0.15, -0.1) is 0 Å². The summed E-state index contributed by atoms with van der Waals surface area (Å²) in [6.45, 7) is 0. The van der Waals surface area contributed by atoms with E-state index >= 15 is 0 Å². The van der Waals surface area contributed by atoms with Crippen LogP contribution in [-0.2, 0) is 4.79 Å². The number of ketones is 1. The molecule has 0 spiro atoms. The standard InChI is InChI=1S/C26H20F2N2O3S.2H2S/c27-17-12-21(28)23-22(13-17)34-26(30-23)29-18-10-8-15(9-11-18)14-4-6-16(7-5-14)24(31)19-2-1-3-20(19)25(32)33;;/h4-13,19-20H,1-3H2,(H,29,30)(H,32,33);2*1H2/t19-,20-;;/m0../s1. The number of carbonyl (C=O) groups excluding carboxylic acids is 1. The van der Waals surface area contributed by atoms with Crippen LogP contribution in [0.2, 0.25) is 0 Å². The van der Waals surface area contributed by atoms with E-state index in [0.29, 0.717) is 28.2 Å². The zero-order valence-electron chi connectivity index (χ0n) is 18.9. The molecule has 1 saturated carbocycles. The van der Waals surface area contributed by atoms with Crippen molar-refractivity contribution >= 4 is 71.1 Å². The van der Waals surface area contributed by atoms with E-state index in [4.69, 9.17) is 0 Å². The topological polar surface area (TPSA) is 79.3 Å². The van der Waals surface area contributed by atoms with Gasteiger partial charge in [0, 0.05) is 23.2 Å². The second-order valence-corrected chi connectivity index (χ2v) is 9.41. The summed E-state index contributed by atoms with van der Waals surface area (Å²) in [5.74, 6) is -3.39. The van der Waals surface area contributed by atoms with Crippen LogP contribution in [0.3, 0.4) is 0 Å². The molecule has 0 unspecified atom stereocenters. The Balaban J connectivity index is 0.00000180. The maximum atomic E-state index is 13.9. The van der Waals surface area contributed by atoms with Crippen LogP contribution in [0.1, 0.15) is 29.6 Å². The van der Waals surface area contributed by atoms with Gasteiger partial charge in [-0.05, 0) is 42.2 Å². The van der Waals surface area contributed by atoms with Crippen molar-refractivity contribution in [2.45, 2.75) is 19.3 Å². The summed E-state index contributed by atoms with van der Waals surface area (Å²) in [6, 6.07) is 16.8. The van der Waals surface area contributed by atoms with E-state index in [1.807, 2.05) is 36.4 Å². The van der Waals surface area contributed by atoms with Gasteiger partial charge < -0.3 is 10.4 Å². The first-order valence-corrected chi connectivity index (χ1v) is 11.7. The van der Waals surface area contributed by atoms with Gasteiger partial charge in [-0.3, -0.25) is 9.59 Å². The number of fused-ring (bicyclic) bond motifs is 1. The Bertz CT molecular complexity index is 1390. The lowest BCUT2D eigenvalue weighted by molar-refractivity contribution is -0.142. The number of Topliss-reactive ketones (excluding diaryl/α,β-unsaturated/α-hetero) is 1. The normalized spacial score (nSPS) is 16.7. The van der Waals surface area contributed by atoms with E-state index in [1.165, 1.54) is 17.4 Å². The van der Waals surface area contributed by atoms with Gasteiger partial charge in [0.25, 0.3) is 0 Å². The third kappa shape index (κ3) is 5.55. The molecule has 1 aliphatic rings. The highest BCUT2D eigenvalue weighted by molar-refractivity contribution is 7.59. The molecule has 2 atom stereocenters. The highest BCUT2D eigenvalue weighted by Gasteiger charge is 2.37. The second kappa shape index (κ2) is 11.4. The van der Waals surface area contributed by atoms with Gasteiger partial charge in [-0.2, -0.15) is 27.0 Å². The number of nitrogens with one attached hydrogen (secondary N) is 1. The van der Waals surface area contributed by atoms with Crippen LogP contribution < -0.4 is 5.32 Å². The van der Waals surface area contributed by atoms with Gasteiger partial charge in [-0.1, -0.05) is 54.2 Å². The smallest absolute Gasteiger partial charge is 0.307 e. The summed E-state index contributed by atoms with van der Waals surface area (Å²) in [7, 11) is 0. The van der Waals surface area contributed by atoms with E-state index in [2.05, 4.69) is 10.3 Å². The van der Waals surface area contributed by atoms with Crippen LogP contribution in [-0.4, -0.2) is 21.8 Å². The van der Waals surface area contributed by atoms with Gasteiger partial charge in [0.05, 0.1) is 10.6 Å². The lowest BCUT2D eigenvalue weighted by Crippen LogP contribution is -2.25. The van der Waals surface area contributed by atoms with Gasteiger partial charge in [-0.25, -0.2) is 13.8 Å². The molecule has 5 nitrogen and oxygen atoms in total. The van der Waals surface area contributed by atoms with E-state index in [9.17, 15) is 23.5 Å². The van der Waals surface area contributed by atoms with Crippen LogP contribution in [0.4, 0.5) is 19.6 Å². The number of hydrogen-bond donors (Lipinski definition) is 2. The summed E-state index contributed by atoms with van der Waals surface area (Å²) < 4.78 is 27.7. The minimum Gasteiger partial charge on any atom is -0.481 e. The first kappa shape index (κ1) is 27.6. The van der Waals surface area contributed by atoms with Crippen molar-refractivity contribution in [2.24, 2.45) is 11.8 Å². The third-order valence-corrected chi connectivity index (χ3v) is 7.14. The summed E-state index contributed by atoms with van der Waals surface area (Å²) in [4.78, 5) is 28.4. The molecule has 188 valence electrons. The molecular formula is C26H24F2N2O3S3. The Labute approximate surface area is 224 Å². The molecule has 3 aromatic carbocycles. The number of carbonyl (C=O) groups is 2. The fourth-order valence-electron chi connectivity index (χ4n) is 4.49. The molecule has 0 aliphatic heterocycles. The molecule has 4 aromatic rings. The average Bonchev–Trinajstić information content (AvgIpc) is 3.47. The fourth-order valence-corrected chi connectivity index (χ4v) is 5.42. The van der Waals surface area contributed by atoms with Gasteiger partial charge in [0.15, 0.2) is 16.7 Å². The molecule has 10 heteroatoms. The minimum absolute atomic E-state index is 0. The molecule has 1 heterocycles. The highest BCUT2D eigenvalue weighted by Crippen LogP contribution is 2.35. The molecular weight excluding hydrogens is 522 g/mol. The molecule has 1 aromatic heterocycles. The van der Waals surface area contributed by atoms with Crippen LogP contribution in [0.25, 0.3) is 21.3 Å². The fraction of sp³-hybridized carbons (Fsp3) is 0.192. The molecule has 2 N–H and O–H groups in total. The number of thiazole rings is 1. The summed E-state index contributed by atoms with van der Waals surface area (Å²) in [5, 5.41) is 12.9. The Kier molecular flexibility index (Phi) is 8.76. The molecule has 5 rings (SSSR count). The van der Waals surface area contributed by atoms with Crippen molar-refractivity contribution < 1.29 is 23.5 Å². The zero-order valence-corrected chi connectivity index (χ0v) is 21.7. The number of benzene rings is 3. The number of aromatic nitrogens is 1. The van der Waals surface area contributed by atoms with Crippen molar-refractivity contribution in [3.63, 3.8) is 0 Å². The Hall–Kier alpha value is -2.95. The Morgan fingerprint density at radius 1 is 0.917 bits per heavy atom. The summed E-state index contributed by atoms with van der Waals surface area (Å²) in [5.41, 5.74) is 3.26. The number of rotatable bonds is 6. The van der Waals surface area contributed by atoms with Crippen molar-refractivity contribution in [1.82, 2.24) is 4.98 Å². The van der Waals surface area contributed by atoms with Crippen molar-refractivity contribution in [3.05, 3.63) is 77.9 Å². The SMILES string of the molecule is O=C(O)[C@H]1CCC[C@@H]1C(=O)c1ccc(-c2ccc(Nc3nc4c(F)cc(F)cc4s3)cc2)cc1.S.S. The number of carboxylic acids is 1. The van der Waals surface area contributed by atoms with E-state index < -0.39 is 29.4 Å². The van der Waals surface area contributed by atoms with E-state index in [-0.39, 0.29) is 38.3 Å². The number of nitrogens with zero attached hydrogens (tertiary/aromatic N) is 1. The van der Waals surface area contributed by atoms with Crippen molar-refractivity contribution in [3.8, 4) is 11.1 Å². The molecule has 0 bridgehead atoms. The second-order valence-electron chi connectivity index (χ2n) is 8.38. The molecule has 36 heavy (non-hydrogen) atoms. The first-order chi connectivity index (χ1) is 16.4. The Morgan fingerprint density at radius 2 is 1.53 bits per heavy atom. The van der Waals surface area contributed by atoms with Gasteiger partial charge in [0.1, 0.15) is 11.3 Å². The van der Waals surface area contributed by atoms with Crippen LogP contribution in [0.5, 0.6) is 0 Å². The first-order valence-electron chi connectivity index (χ1n) is 10.9. The van der Waals surface area contributed by atoms with E-state index in [1.54, 1.807) is 12.1 Å². The van der Waals surface area contributed by atoms with Crippen LogP contribution >= 0.6 is 38.3 Å². The molecule has 0 amide bonds. The predicted molar refractivity (Wildman–Crippen MR) is 148 cm³/mol. The maximum absolute atomic E-state index is 13.9. The molecule has 0 saturated heterocycles. The minimum atomic E-state index is -0.899. The number of anilines is 2. The maximum Gasteiger partial charge on any atom is 0.307 e. The lowest BCUT2D eigenvalue weighted by Gasteiger charge is -2.14. The largest absolute Gasteiger partial charge is 0.481 e. The predicted octanol–water partition coefficient (Wildman–Crippen LogP) is 6.89. The summed E-state index contributed by atoms with van der Waals surface area (Å²) in [6.07, 6.45) is 1.92. The van der Waals surface area contributed by atoms with Gasteiger partial charge >= 0.3 is 5.97 Å². The number of aliphatic carboxylic acids is 1. The average molecular weight is 547 g/mol. The number of carboxylic acid groups (broad SMARTS) is 1. The molecule has 0 radical (unpaired) electrons. The summed E-state index contributed by atoms with van der Waals surface area (Å²) >= 11 is 1.17. The Morgan fingerprint density at radius 3 is 2.17 bits per heavy atom. The highest BCUT2D eigenvalue weighted by atomic mass is 32.1. The third-order valence-electron chi connectivity index (χ3n) is 6.22. The van der Waals surface area contributed by atoms with Crippen LogP contribution in [0.15, 0.2) is 60.7 Å². The zero-order chi connectivity index (χ0) is 23.8. The van der Waals surface area contributed by atoms with Crippen molar-refractivity contribution in [1.29, 1.82) is 0 Å². The van der Waals surface area contributed by atoms with Gasteiger partial charge in [0.2, 0.25) is 0 Å². The lowest BCUT2D eigenvalue weighted by atomic mass is 9.88. The monoisotopic (exact) mass is 546 g/mol. The molecule has 1 aliphatic carbocycles. The van der Waals surface area contributed by atoms with Crippen LogP contribution in [0, 0.1) is 23.5 Å². The number of halogens is 2. The van der Waals surface area contributed by atoms with Crippen molar-refractivity contribution in [2.75, 3.05) is 5.32 Å².